The Balaban J connectivity index is 1.64. The first-order valence-electron chi connectivity index (χ1n) is 7.83. The van der Waals surface area contributed by atoms with Crippen LogP contribution in [0.4, 0.5) is 0 Å². The van der Waals surface area contributed by atoms with Gasteiger partial charge in [0.05, 0.1) is 5.69 Å². The molecule has 5 heteroatoms. The highest BCUT2D eigenvalue weighted by atomic mass is 32.1. The van der Waals surface area contributed by atoms with Gasteiger partial charge in [-0.3, -0.25) is 0 Å². The summed E-state index contributed by atoms with van der Waals surface area (Å²) in [4.78, 5) is 3.97. The van der Waals surface area contributed by atoms with Crippen LogP contribution in [0, 0.1) is 12.3 Å². The molecule has 0 aliphatic carbocycles. The largest absolute Gasteiger partial charge is 0.263 e. The average Bonchev–Trinajstić information content (AvgIpc) is 3.30. The summed E-state index contributed by atoms with van der Waals surface area (Å²) in [5.41, 5.74) is 3.28. The van der Waals surface area contributed by atoms with Gasteiger partial charge in [0.15, 0.2) is 0 Å². The van der Waals surface area contributed by atoms with Crippen LogP contribution in [-0.4, -0.2) is 14.8 Å². The van der Waals surface area contributed by atoms with Gasteiger partial charge < -0.3 is 0 Å². The molecule has 0 radical (unpaired) electrons. The van der Waals surface area contributed by atoms with E-state index < -0.39 is 0 Å². The third kappa shape index (κ3) is 3.08. The molecule has 0 bridgehead atoms. The fraction of sp³-hybridized carbons (Fsp3) is 0.0500. The number of fused-ring (bicyclic) bond motifs is 1. The summed E-state index contributed by atoms with van der Waals surface area (Å²) < 4.78 is 5.14. The van der Waals surface area contributed by atoms with Crippen molar-refractivity contribution < 1.29 is 4.57 Å². The van der Waals surface area contributed by atoms with E-state index in [0.717, 1.165) is 16.3 Å². The molecule has 0 aliphatic rings. The molecule has 4 aromatic rings. The highest BCUT2D eigenvalue weighted by Crippen LogP contribution is 2.22. The van der Waals surface area contributed by atoms with Crippen LogP contribution < -0.4 is 4.57 Å². The molecule has 4 nitrogen and oxygen atoms in total. The third-order valence-electron chi connectivity index (χ3n) is 3.88. The van der Waals surface area contributed by atoms with Gasteiger partial charge in [-0.2, -0.15) is 9.67 Å². The molecule has 0 saturated carbocycles. The van der Waals surface area contributed by atoms with Crippen molar-refractivity contribution in [1.82, 2.24) is 14.8 Å². The first-order chi connectivity index (χ1) is 12.3. The molecule has 0 N–H and O–H groups in total. The van der Waals surface area contributed by atoms with Crippen molar-refractivity contribution in [3.8, 4) is 18.0 Å². The number of hydrogen-bond acceptors (Lipinski definition) is 3. The lowest BCUT2D eigenvalue weighted by atomic mass is 10.2. The molecule has 0 fully saturated rings. The van der Waals surface area contributed by atoms with E-state index in [1.165, 1.54) is 16.5 Å². The van der Waals surface area contributed by atoms with Crippen LogP contribution in [0.25, 0.3) is 28.1 Å². The first-order valence-corrected chi connectivity index (χ1v) is 8.65. The van der Waals surface area contributed by atoms with Crippen molar-refractivity contribution in [3.63, 3.8) is 0 Å². The second-order valence-corrected chi connectivity index (χ2v) is 6.53. The molecule has 25 heavy (non-hydrogen) atoms. The summed E-state index contributed by atoms with van der Waals surface area (Å²) in [6.45, 7) is 0.564. The van der Waals surface area contributed by atoms with Gasteiger partial charge in [0, 0.05) is 12.1 Å². The summed E-state index contributed by atoms with van der Waals surface area (Å²) in [6.07, 6.45) is 13.0. The smallest absolute Gasteiger partial charge is 0.223 e. The van der Waals surface area contributed by atoms with Gasteiger partial charge in [-0.1, -0.05) is 35.6 Å². The maximum Gasteiger partial charge on any atom is 0.263 e. The van der Waals surface area contributed by atoms with Gasteiger partial charge >= 0.3 is 0 Å². The van der Waals surface area contributed by atoms with Crippen molar-refractivity contribution in [2.45, 2.75) is 6.54 Å². The van der Waals surface area contributed by atoms with Crippen molar-refractivity contribution in [2.75, 3.05) is 0 Å². The summed E-state index contributed by atoms with van der Waals surface area (Å²) in [5.74, 6) is 2.74. The lowest BCUT2D eigenvalue weighted by molar-refractivity contribution is -0.655. The van der Waals surface area contributed by atoms with Crippen LogP contribution in [0.15, 0.2) is 61.2 Å². The zero-order valence-electron chi connectivity index (χ0n) is 13.4. The van der Waals surface area contributed by atoms with Crippen LogP contribution in [-0.2, 0) is 6.54 Å². The predicted molar refractivity (Wildman–Crippen MR) is 101 cm³/mol. The van der Waals surface area contributed by atoms with Gasteiger partial charge in [0.1, 0.15) is 17.4 Å². The molecule has 0 unspecified atom stereocenters. The number of terminal acetylenes is 1. The molecule has 4 rings (SSSR count). The third-order valence-corrected chi connectivity index (χ3v) is 5.01. The molecule has 120 valence electrons. The Kier molecular flexibility index (Phi) is 4.11. The number of hydrogen-bond donors (Lipinski definition) is 0. The van der Waals surface area contributed by atoms with E-state index >= 15 is 0 Å². The molecule has 0 spiro atoms. The number of para-hydroxylation sites is 1. The van der Waals surface area contributed by atoms with Crippen molar-refractivity contribution in [3.05, 3.63) is 71.8 Å². The van der Waals surface area contributed by atoms with Crippen LogP contribution in [0.2, 0.25) is 0 Å². The number of rotatable bonds is 4. The van der Waals surface area contributed by atoms with E-state index in [-0.39, 0.29) is 0 Å². The summed E-state index contributed by atoms with van der Waals surface area (Å²) >= 11 is 1.74. The molecular formula is C20H15N4S+. The van der Waals surface area contributed by atoms with E-state index in [2.05, 4.69) is 63.1 Å². The Morgan fingerprint density at radius 3 is 2.72 bits per heavy atom. The van der Waals surface area contributed by atoms with Gasteiger partial charge in [0.2, 0.25) is 12.1 Å². The Bertz CT molecular complexity index is 1070. The molecule has 2 heterocycles. The Morgan fingerprint density at radius 2 is 1.96 bits per heavy atom. The molecule has 0 aliphatic heterocycles. The summed E-state index contributed by atoms with van der Waals surface area (Å²) in [7, 11) is 0. The minimum atomic E-state index is 0.564. The van der Waals surface area contributed by atoms with E-state index in [0.29, 0.717) is 6.54 Å². The predicted octanol–water partition coefficient (Wildman–Crippen LogP) is 3.57. The lowest BCUT2D eigenvalue weighted by Gasteiger charge is -2.00. The van der Waals surface area contributed by atoms with E-state index in [4.69, 9.17) is 6.42 Å². The fourth-order valence-electron chi connectivity index (χ4n) is 2.68. The van der Waals surface area contributed by atoms with Crippen LogP contribution in [0.3, 0.4) is 0 Å². The van der Waals surface area contributed by atoms with Gasteiger partial charge in [0.25, 0.3) is 5.01 Å². The zero-order chi connectivity index (χ0) is 17.1. The molecule has 2 aromatic heterocycles. The van der Waals surface area contributed by atoms with E-state index in [1.807, 2.05) is 18.2 Å². The molecular weight excluding hydrogens is 328 g/mol. The van der Waals surface area contributed by atoms with Gasteiger partial charge in [-0.15, -0.1) is 6.42 Å². The highest BCUT2D eigenvalue weighted by molar-refractivity contribution is 7.18. The summed E-state index contributed by atoms with van der Waals surface area (Å²) in [5, 5.41) is 5.27. The van der Waals surface area contributed by atoms with Crippen LogP contribution in [0.1, 0.15) is 10.6 Å². The average molecular weight is 343 g/mol. The Hall–Kier alpha value is -3.23. The topological polar surface area (TPSA) is 34.6 Å². The standard InChI is InChI=1S/C20H15N4S/c1-2-13-23-18-5-3-4-6-19(18)25-20(23)12-9-16-7-10-17(11-8-16)24-15-21-14-22-24/h1,3-12,14-15H,13H2/q+1. The second-order valence-electron chi connectivity index (χ2n) is 5.46. The minimum Gasteiger partial charge on any atom is -0.223 e. The summed E-state index contributed by atoms with van der Waals surface area (Å²) in [6, 6.07) is 16.5. The van der Waals surface area contributed by atoms with E-state index in [9.17, 15) is 0 Å². The molecule has 0 saturated heterocycles. The minimum absolute atomic E-state index is 0.564. The quantitative estimate of drug-likeness (QED) is 0.419. The normalized spacial score (nSPS) is 11.2. The van der Waals surface area contributed by atoms with Crippen molar-refractivity contribution in [1.29, 1.82) is 0 Å². The lowest BCUT2D eigenvalue weighted by Crippen LogP contribution is -2.34. The molecule has 2 aromatic carbocycles. The maximum atomic E-state index is 5.55. The van der Waals surface area contributed by atoms with Crippen molar-refractivity contribution in [2.24, 2.45) is 0 Å². The molecule has 0 amide bonds. The Morgan fingerprint density at radius 1 is 1.12 bits per heavy atom. The van der Waals surface area contributed by atoms with Gasteiger partial charge in [-0.05, 0) is 35.8 Å². The van der Waals surface area contributed by atoms with Crippen molar-refractivity contribution >= 4 is 33.7 Å². The van der Waals surface area contributed by atoms with Crippen LogP contribution in [0.5, 0.6) is 0 Å². The number of nitrogens with zero attached hydrogens (tertiary/aromatic N) is 4. The number of benzene rings is 2. The van der Waals surface area contributed by atoms with Gasteiger partial charge in [-0.25, -0.2) is 9.67 Å². The van der Waals surface area contributed by atoms with E-state index in [1.54, 1.807) is 22.3 Å². The van der Waals surface area contributed by atoms with Crippen LogP contribution >= 0.6 is 11.3 Å². The second kappa shape index (κ2) is 6.71. The number of aromatic nitrogens is 4. The SMILES string of the molecule is C#CC[n+]1c(/C=C/c2ccc(-n3cncn3)cc2)sc2ccccc21. The monoisotopic (exact) mass is 343 g/mol. The maximum absolute atomic E-state index is 5.55. The fourth-order valence-corrected chi connectivity index (χ4v) is 3.74. The highest BCUT2D eigenvalue weighted by Gasteiger charge is 2.16. The Labute approximate surface area is 149 Å². The number of thiazole rings is 1. The first kappa shape index (κ1) is 15.3. The molecule has 0 atom stereocenters. The zero-order valence-corrected chi connectivity index (χ0v) is 14.2.